The van der Waals surface area contributed by atoms with E-state index in [1.165, 1.54) is 10.5 Å². The van der Waals surface area contributed by atoms with Crippen LogP contribution in [0.5, 0.6) is 0 Å². The number of carbonyl (C=O) groups is 2. The van der Waals surface area contributed by atoms with E-state index in [1.807, 2.05) is 32.6 Å². The quantitative estimate of drug-likeness (QED) is 0.543. The Labute approximate surface area is 225 Å². The highest BCUT2D eigenvalue weighted by atomic mass is 16.6. The van der Waals surface area contributed by atoms with E-state index < -0.39 is 5.60 Å². The first-order valence-electron chi connectivity index (χ1n) is 13.4. The van der Waals surface area contributed by atoms with E-state index in [1.54, 1.807) is 6.20 Å². The van der Waals surface area contributed by atoms with Gasteiger partial charge in [0.15, 0.2) is 0 Å². The molecule has 1 aromatic heterocycles. The van der Waals surface area contributed by atoms with Crippen molar-refractivity contribution in [3.05, 3.63) is 47.2 Å². The molecule has 2 aromatic rings. The topological polar surface area (TPSA) is 100 Å². The maximum Gasteiger partial charge on any atom is 0.415 e. The van der Waals surface area contributed by atoms with Gasteiger partial charge in [-0.1, -0.05) is 24.3 Å². The predicted octanol–water partition coefficient (Wildman–Crippen LogP) is 4.96. The number of carbonyl (C=O) groups excluding carboxylic acids is 2. The largest absolute Gasteiger partial charge is 0.444 e. The number of ether oxygens (including phenoxy) is 2. The van der Waals surface area contributed by atoms with Gasteiger partial charge in [0.05, 0.1) is 11.6 Å². The van der Waals surface area contributed by atoms with Crippen molar-refractivity contribution in [1.82, 2.24) is 19.8 Å². The SMILES string of the molecule is CCN1C(=O)OCc2cnc(N[C@@H](C)c3ccc(CN(C)C4CCN(C(=O)OC(C)(C)C)CC4)cc3)nc21. The minimum Gasteiger partial charge on any atom is -0.444 e. The van der Waals surface area contributed by atoms with Gasteiger partial charge < -0.3 is 19.7 Å². The van der Waals surface area contributed by atoms with Gasteiger partial charge in [0.1, 0.15) is 18.0 Å². The zero-order valence-corrected chi connectivity index (χ0v) is 23.4. The smallest absolute Gasteiger partial charge is 0.415 e. The Morgan fingerprint density at radius 3 is 2.55 bits per heavy atom. The monoisotopic (exact) mass is 524 g/mol. The van der Waals surface area contributed by atoms with E-state index in [-0.39, 0.29) is 24.8 Å². The highest BCUT2D eigenvalue weighted by Gasteiger charge is 2.29. The van der Waals surface area contributed by atoms with Crippen molar-refractivity contribution in [1.29, 1.82) is 0 Å². The van der Waals surface area contributed by atoms with Crippen molar-refractivity contribution >= 4 is 24.0 Å². The van der Waals surface area contributed by atoms with Crippen LogP contribution in [0.1, 0.15) is 70.2 Å². The van der Waals surface area contributed by atoms with Gasteiger partial charge in [0, 0.05) is 38.4 Å². The summed E-state index contributed by atoms with van der Waals surface area (Å²) in [6.45, 7) is 12.6. The molecule has 2 aliphatic heterocycles. The number of fused-ring (bicyclic) bond motifs is 1. The third-order valence-electron chi connectivity index (χ3n) is 6.98. The highest BCUT2D eigenvalue weighted by Crippen LogP contribution is 2.27. The molecule has 0 unspecified atom stereocenters. The molecule has 0 aliphatic carbocycles. The molecule has 0 saturated carbocycles. The number of anilines is 2. The molecular weight excluding hydrogens is 484 g/mol. The summed E-state index contributed by atoms with van der Waals surface area (Å²) >= 11 is 0. The van der Waals surface area contributed by atoms with Crippen LogP contribution in [0.3, 0.4) is 0 Å². The van der Waals surface area contributed by atoms with E-state index in [0.717, 1.165) is 30.5 Å². The van der Waals surface area contributed by atoms with Gasteiger partial charge in [0.25, 0.3) is 0 Å². The Balaban J connectivity index is 1.30. The van der Waals surface area contributed by atoms with E-state index in [4.69, 9.17) is 9.47 Å². The van der Waals surface area contributed by atoms with Crippen molar-refractivity contribution in [2.24, 2.45) is 0 Å². The first kappa shape index (κ1) is 27.6. The number of piperidine rings is 1. The second-order valence-corrected chi connectivity index (χ2v) is 11.1. The average Bonchev–Trinajstić information content (AvgIpc) is 2.88. The molecule has 1 aromatic carbocycles. The Hall–Kier alpha value is -3.40. The lowest BCUT2D eigenvalue weighted by Crippen LogP contribution is -2.46. The van der Waals surface area contributed by atoms with Crippen LogP contribution in [0.4, 0.5) is 21.4 Å². The normalized spacial score (nSPS) is 17.2. The lowest BCUT2D eigenvalue weighted by atomic mass is 10.0. The number of aromatic nitrogens is 2. The molecule has 10 nitrogen and oxygen atoms in total. The Bertz CT molecular complexity index is 1130. The molecule has 206 valence electrons. The van der Waals surface area contributed by atoms with Crippen LogP contribution < -0.4 is 10.2 Å². The number of cyclic esters (lactones) is 1. The number of likely N-dealkylation sites (tertiary alicyclic amines) is 1. The molecule has 10 heteroatoms. The van der Waals surface area contributed by atoms with E-state index >= 15 is 0 Å². The van der Waals surface area contributed by atoms with Crippen LogP contribution in [0.15, 0.2) is 30.5 Å². The molecule has 4 rings (SSSR count). The van der Waals surface area contributed by atoms with Gasteiger partial charge in [-0.25, -0.2) is 14.6 Å². The lowest BCUT2D eigenvalue weighted by Gasteiger charge is -2.37. The second kappa shape index (κ2) is 11.6. The fourth-order valence-electron chi connectivity index (χ4n) is 4.81. The number of amides is 2. The van der Waals surface area contributed by atoms with Crippen molar-refractivity contribution in [3.63, 3.8) is 0 Å². The van der Waals surface area contributed by atoms with Crippen LogP contribution in [0.25, 0.3) is 0 Å². The maximum atomic E-state index is 12.3. The molecule has 2 amide bonds. The Kier molecular flexibility index (Phi) is 8.40. The fraction of sp³-hybridized carbons (Fsp3) is 0.571. The Morgan fingerprint density at radius 1 is 1.24 bits per heavy atom. The average molecular weight is 525 g/mol. The van der Waals surface area contributed by atoms with Crippen molar-refractivity contribution in [3.8, 4) is 0 Å². The van der Waals surface area contributed by atoms with Gasteiger partial charge in [-0.15, -0.1) is 0 Å². The summed E-state index contributed by atoms with van der Waals surface area (Å²) < 4.78 is 10.7. The molecule has 1 N–H and O–H groups in total. The van der Waals surface area contributed by atoms with Crippen molar-refractivity contribution in [2.75, 3.05) is 36.9 Å². The molecule has 3 heterocycles. The number of nitrogens with one attached hydrogen (secondary N) is 1. The van der Waals surface area contributed by atoms with Crippen molar-refractivity contribution in [2.45, 2.75) is 78.3 Å². The van der Waals surface area contributed by atoms with Crippen LogP contribution in [0, 0.1) is 0 Å². The molecular formula is C28H40N6O4. The molecule has 0 radical (unpaired) electrons. The minimum absolute atomic E-state index is 0.0115. The van der Waals surface area contributed by atoms with Crippen LogP contribution in [0.2, 0.25) is 0 Å². The number of hydrogen-bond donors (Lipinski definition) is 1. The van der Waals surface area contributed by atoms with Gasteiger partial charge in [0.2, 0.25) is 5.95 Å². The van der Waals surface area contributed by atoms with E-state index in [0.29, 0.717) is 37.4 Å². The summed E-state index contributed by atoms with van der Waals surface area (Å²) in [4.78, 5) is 39.1. The van der Waals surface area contributed by atoms with Gasteiger partial charge >= 0.3 is 12.2 Å². The molecule has 1 saturated heterocycles. The van der Waals surface area contributed by atoms with E-state index in [9.17, 15) is 9.59 Å². The molecule has 1 atom stereocenters. The summed E-state index contributed by atoms with van der Waals surface area (Å²) in [5.74, 6) is 1.08. The maximum absolute atomic E-state index is 12.3. The number of rotatable bonds is 7. The predicted molar refractivity (Wildman–Crippen MR) is 146 cm³/mol. The van der Waals surface area contributed by atoms with E-state index in [2.05, 4.69) is 58.4 Å². The van der Waals surface area contributed by atoms with Crippen LogP contribution in [-0.4, -0.2) is 70.3 Å². The zero-order chi connectivity index (χ0) is 27.4. The van der Waals surface area contributed by atoms with Crippen LogP contribution in [-0.2, 0) is 22.6 Å². The second-order valence-electron chi connectivity index (χ2n) is 11.1. The molecule has 38 heavy (non-hydrogen) atoms. The van der Waals surface area contributed by atoms with Gasteiger partial charge in [-0.05, 0) is 65.6 Å². The third-order valence-corrected chi connectivity index (χ3v) is 6.98. The number of nitrogens with zero attached hydrogens (tertiary/aromatic N) is 5. The first-order chi connectivity index (χ1) is 18.0. The van der Waals surface area contributed by atoms with Crippen molar-refractivity contribution < 1.29 is 19.1 Å². The molecule has 0 spiro atoms. The molecule has 0 bridgehead atoms. The summed E-state index contributed by atoms with van der Waals surface area (Å²) in [7, 11) is 2.15. The lowest BCUT2D eigenvalue weighted by molar-refractivity contribution is 0.0153. The minimum atomic E-state index is -0.469. The zero-order valence-electron chi connectivity index (χ0n) is 23.4. The molecule has 1 fully saturated rings. The summed E-state index contributed by atoms with van der Waals surface area (Å²) in [6, 6.07) is 8.97. The van der Waals surface area contributed by atoms with Crippen LogP contribution >= 0.6 is 0 Å². The third kappa shape index (κ3) is 6.72. The summed E-state index contributed by atoms with van der Waals surface area (Å²) in [6.07, 6.45) is 2.98. The van der Waals surface area contributed by atoms with Gasteiger partial charge in [-0.3, -0.25) is 9.80 Å². The Morgan fingerprint density at radius 2 is 1.92 bits per heavy atom. The first-order valence-corrected chi connectivity index (χ1v) is 13.4. The summed E-state index contributed by atoms with van der Waals surface area (Å²) in [5.41, 5.74) is 2.69. The fourth-order valence-corrected chi connectivity index (χ4v) is 4.81. The number of benzene rings is 1. The standard InChI is InChI=1S/C28H40N6O4/c1-7-34-24-22(18-37-27(34)36)16-29-25(31-24)30-19(2)21-10-8-20(9-11-21)17-32(6)23-12-14-33(15-13-23)26(35)38-28(3,4)5/h8-11,16,19,23H,7,12-15,17-18H2,1-6H3,(H,29,30,31)/t19-/m0/s1. The molecule has 2 aliphatic rings. The summed E-state index contributed by atoms with van der Waals surface area (Å²) in [5, 5.41) is 3.35. The number of hydrogen-bond acceptors (Lipinski definition) is 8. The highest BCUT2D eigenvalue weighted by molar-refractivity contribution is 5.89. The van der Waals surface area contributed by atoms with Gasteiger partial charge in [-0.2, -0.15) is 4.98 Å².